The molecule has 1 fully saturated rings. The number of nitrogens with zero attached hydrogens (tertiary/aromatic N) is 1. The van der Waals surface area contributed by atoms with Crippen molar-refractivity contribution in [2.24, 2.45) is 5.92 Å². The third-order valence-corrected chi connectivity index (χ3v) is 4.46. The van der Waals surface area contributed by atoms with Crippen LogP contribution in [-0.2, 0) is 9.53 Å². The fourth-order valence-corrected chi connectivity index (χ4v) is 2.72. The summed E-state index contributed by atoms with van der Waals surface area (Å²) < 4.78 is 5.12. The lowest BCUT2D eigenvalue weighted by atomic mass is 9.95. The molecule has 0 radical (unpaired) electrons. The Hall–Kier alpha value is -1.59. The number of hydrogen-bond acceptors (Lipinski definition) is 3. The van der Waals surface area contributed by atoms with Crippen LogP contribution >= 0.6 is 11.6 Å². The van der Waals surface area contributed by atoms with E-state index in [2.05, 4.69) is 5.32 Å². The van der Waals surface area contributed by atoms with Gasteiger partial charge in [-0.3, -0.25) is 9.59 Å². The highest BCUT2D eigenvalue weighted by Crippen LogP contribution is 2.20. The summed E-state index contributed by atoms with van der Waals surface area (Å²) in [5.74, 6) is 0.00865. The summed E-state index contributed by atoms with van der Waals surface area (Å²) >= 11 is 5.84. The van der Waals surface area contributed by atoms with Crippen molar-refractivity contribution in [3.05, 3.63) is 34.9 Å². The first kappa shape index (κ1) is 17.8. The van der Waals surface area contributed by atoms with E-state index in [1.165, 1.54) is 0 Å². The van der Waals surface area contributed by atoms with Crippen molar-refractivity contribution in [1.29, 1.82) is 0 Å². The predicted octanol–water partition coefficient (Wildman–Crippen LogP) is 2.34. The number of ether oxygens (including phenoxy) is 1. The second kappa shape index (κ2) is 8.31. The second-order valence-electron chi connectivity index (χ2n) is 5.86. The molecule has 0 aromatic heterocycles. The van der Waals surface area contributed by atoms with Gasteiger partial charge in [-0.15, -0.1) is 0 Å². The number of rotatable bonds is 5. The van der Waals surface area contributed by atoms with E-state index < -0.39 is 0 Å². The molecule has 1 heterocycles. The zero-order valence-electron chi connectivity index (χ0n) is 13.5. The normalized spacial score (nSPS) is 16.9. The summed E-state index contributed by atoms with van der Waals surface area (Å²) in [6, 6.07) is 6.89. The molecule has 126 valence electrons. The molecule has 1 aromatic rings. The fraction of sp³-hybridized carbons (Fsp3) is 0.529. The molecule has 0 saturated carbocycles. The van der Waals surface area contributed by atoms with Crippen molar-refractivity contribution >= 4 is 23.4 Å². The van der Waals surface area contributed by atoms with E-state index in [9.17, 15) is 9.59 Å². The zero-order valence-corrected chi connectivity index (χ0v) is 14.3. The zero-order chi connectivity index (χ0) is 16.8. The van der Waals surface area contributed by atoms with Crippen LogP contribution in [0.5, 0.6) is 0 Å². The topological polar surface area (TPSA) is 58.6 Å². The Morgan fingerprint density at radius 2 is 1.91 bits per heavy atom. The Morgan fingerprint density at radius 1 is 1.30 bits per heavy atom. The summed E-state index contributed by atoms with van der Waals surface area (Å²) in [5, 5.41) is 3.52. The number of hydrogen-bond donors (Lipinski definition) is 1. The molecule has 1 saturated heterocycles. The largest absolute Gasteiger partial charge is 0.380 e. The van der Waals surface area contributed by atoms with Crippen LogP contribution in [0.25, 0.3) is 0 Å². The predicted molar refractivity (Wildman–Crippen MR) is 89.6 cm³/mol. The Morgan fingerprint density at radius 3 is 2.48 bits per heavy atom. The number of likely N-dealkylation sites (tertiary alicyclic amines) is 1. The van der Waals surface area contributed by atoms with Gasteiger partial charge in [0.15, 0.2) is 0 Å². The Balaban J connectivity index is 1.82. The summed E-state index contributed by atoms with van der Waals surface area (Å²) in [7, 11) is 1.62. The van der Waals surface area contributed by atoms with Gasteiger partial charge in [0.2, 0.25) is 5.91 Å². The highest BCUT2D eigenvalue weighted by molar-refractivity contribution is 6.30. The van der Waals surface area contributed by atoms with Gasteiger partial charge in [-0.05, 0) is 44.0 Å². The van der Waals surface area contributed by atoms with Crippen molar-refractivity contribution < 1.29 is 14.3 Å². The van der Waals surface area contributed by atoms with Crippen LogP contribution < -0.4 is 5.32 Å². The molecule has 5 nitrogen and oxygen atoms in total. The van der Waals surface area contributed by atoms with Crippen LogP contribution in [0.3, 0.4) is 0 Å². The minimum Gasteiger partial charge on any atom is -0.380 e. The highest BCUT2D eigenvalue weighted by atomic mass is 35.5. The second-order valence-corrected chi connectivity index (χ2v) is 6.30. The molecule has 2 amide bonds. The first-order valence-electron chi connectivity index (χ1n) is 7.86. The third kappa shape index (κ3) is 4.94. The van der Waals surface area contributed by atoms with E-state index in [0.717, 1.165) is 0 Å². The number of piperidine rings is 1. The van der Waals surface area contributed by atoms with E-state index in [0.29, 0.717) is 43.1 Å². The van der Waals surface area contributed by atoms with Gasteiger partial charge in [0.05, 0.1) is 6.10 Å². The summed E-state index contributed by atoms with van der Waals surface area (Å²) in [6.45, 7) is 3.62. The lowest BCUT2D eigenvalue weighted by molar-refractivity contribution is -0.126. The molecule has 0 unspecified atom stereocenters. The maximum absolute atomic E-state index is 12.4. The SMILES string of the molecule is CO[C@H](C)CNC(=O)C1CCN(C(=O)c2ccc(Cl)cc2)CC1. The van der Waals surface area contributed by atoms with Crippen molar-refractivity contribution in [2.75, 3.05) is 26.7 Å². The first-order valence-corrected chi connectivity index (χ1v) is 8.24. The number of nitrogens with one attached hydrogen (secondary N) is 1. The van der Waals surface area contributed by atoms with E-state index in [4.69, 9.17) is 16.3 Å². The van der Waals surface area contributed by atoms with Gasteiger partial charge in [0.25, 0.3) is 5.91 Å². The number of carbonyl (C=O) groups is 2. The Labute approximate surface area is 141 Å². The lowest BCUT2D eigenvalue weighted by Gasteiger charge is -2.31. The summed E-state index contributed by atoms with van der Waals surface area (Å²) in [4.78, 5) is 26.3. The van der Waals surface area contributed by atoms with Gasteiger partial charge in [0.1, 0.15) is 0 Å². The monoisotopic (exact) mass is 338 g/mol. The molecule has 1 aliphatic heterocycles. The average Bonchev–Trinajstić information content (AvgIpc) is 2.59. The molecule has 0 spiro atoms. The Bertz CT molecular complexity index is 539. The van der Waals surface area contributed by atoms with Crippen LogP contribution in [0.4, 0.5) is 0 Å². The fourth-order valence-electron chi connectivity index (χ4n) is 2.59. The molecule has 1 aromatic carbocycles. The molecule has 1 atom stereocenters. The number of halogens is 1. The average molecular weight is 339 g/mol. The van der Waals surface area contributed by atoms with Crippen LogP contribution in [-0.4, -0.2) is 49.6 Å². The number of methoxy groups -OCH3 is 1. The maximum atomic E-state index is 12.4. The van der Waals surface area contributed by atoms with Gasteiger partial charge in [-0.1, -0.05) is 11.6 Å². The summed E-state index contributed by atoms with van der Waals surface area (Å²) in [5.41, 5.74) is 0.631. The van der Waals surface area contributed by atoms with Crippen molar-refractivity contribution in [3.8, 4) is 0 Å². The van der Waals surface area contributed by atoms with E-state index in [1.807, 2.05) is 6.92 Å². The molecule has 2 rings (SSSR count). The van der Waals surface area contributed by atoms with Gasteiger partial charge < -0.3 is 15.0 Å². The maximum Gasteiger partial charge on any atom is 0.253 e. The highest BCUT2D eigenvalue weighted by Gasteiger charge is 2.27. The molecule has 1 N–H and O–H groups in total. The third-order valence-electron chi connectivity index (χ3n) is 4.21. The molecule has 6 heteroatoms. The van der Waals surface area contributed by atoms with Crippen molar-refractivity contribution in [3.63, 3.8) is 0 Å². The smallest absolute Gasteiger partial charge is 0.253 e. The van der Waals surface area contributed by atoms with Gasteiger partial charge in [0, 0.05) is 43.2 Å². The van der Waals surface area contributed by atoms with Gasteiger partial charge in [-0.2, -0.15) is 0 Å². The van der Waals surface area contributed by atoms with Crippen LogP contribution in [0, 0.1) is 5.92 Å². The molecule has 23 heavy (non-hydrogen) atoms. The minimum absolute atomic E-state index is 0.00511. The molecule has 1 aliphatic rings. The van der Waals surface area contributed by atoms with Crippen molar-refractivity contribution in [1.82, 2.24) is 10.2 Å². The van der Waals surface area contributed by atoms with Gasteiger partial charge >= 0.3 is 0 Å². The van der Waals surface area contributed by atoms with Gasteiger partial charge in [-0.25, -0.2) is 0 Å². The summed E-state index contributed by atoms with van der Waals surface area (Å²) in [6.07, 6.45) is 1.38. The van der Waals surface area contributed by atoms with Crippen LogP contribution in [0.2, 0.25) is 5.02 Å². The van der Waals surface area contributed by atoms with E-state index in [-0.39, 0.29) is 23.8 Å². The molecule has 0 bridgehead atoms. The number of benzene rings is 1. The first-order chi connectivity index (χ1) is 11.0. The van der Waals surface area contributed by atoms with E-state index >= 15 is 0 Å². The molecular weight excluding hydrogens is 316 g/mol. The van der Waals surface area contributed by atoms with Crippen LogP contribution in [0.15, 0.2) is 24.3 Å². The minimum atomic E-state index is -0.0340. The molecular formula is C17H23ClN2O3. The molecule has 0 aliphatic carbocycles. The standard InChI is InChI=1S/C17H23ClN2O3/c1-12(23-2)11-19-16(21)13-7-9-20(10-8-13)17(22)14-3-5-15(18)6-4-14/h3-6,12-13H,7-11H2,1-2H3,(H,19,21)/t12-/m1/s1. The Kier molecular flexibility index (Phi) is 6.42. The van der Waals surface area contributed by atoms with Crippen molar-refractivity contribution in [2.45, 2.75) is 25.9 Å². The quantitative estimate of drug-likeness (QED) is 0.896. The number of carbonyl (C=O) groups excluding carboxylic acids is 2. The lowest BCUT2D eigenvalue weighted by Crippen LogP contribution is -2.44. The van der Waals surface area contributed by atoms with Crippen LogP contribution in [0.1, 0.15) is 30.1 Å². The van der Waals surface area contributed by atoms with E-state index in [1.54, 1.807) is 36.3 Å². The number of amides is 2.